The molecule has 0 aliphatic rings. The lowest BCUT2D eigenvalue weighted by Crippen LogP contribution is -1.84. The lowest BCUT2D eigenvalue weighted by Gasteiger charge is -1.88. The van der Waals surface area contributed by atoms with Crippen LogP contribution in [0.3, 0.4) is 0 Å². The minimum absolute atomic E-state index is 0.958. The first kappa shape index (κ1) is 6.62. The van der Waals surface area contributed by atoms with Crippen molar-refractivity contribution in [2.75, 3.05) is 5.73 Å². The van der Waals surface area contributed by atoms with Crippen molar-refractivity contribution in [2.45, 2.75) is 20.3 Å². The summed E-state index contributed by atoms with van der Waals surface area (Å²) < 4.78 is 0. The van der Waals surface area contributed by atoms with E-state index in [-0.39, 0.29) is 0 Å². The van der Waals surface area contributed by atoms with E-state index in [1.54, 1.807) is 11.3 Å². The molecule has 0 aliphatic carbocycles. The standard InChI is InChI=1S/C7H11NS/c1-3-7-6(8)4-5(2)9-7/h4H,3,8H2,1-2H3. The molecule has 0 aliphatic heterocycles. The van der Waals surface area contributed by atoms with Crippen molar-refractivity contribution >= 4 is 17.0 Å². The molecule has 0 aromatic carbocycles. The van der Waals surface area contributed by atoms with Crippen molar-refractivity contribution < 1.29 is 0 Å². The lowest BCUT2D eigenvalue weighted by atomic mass is 10.3. The average Bonchev–Trinajstić information content (AvgIpc) is 2.10. The van der Waals surface area contributed by atoms with Crippen LogP contribution in [0.4, 0.5) is 5.69 Å². The van der Waals surface area contributed by atoms with Crippen LogP contribution in [0, 0.1) is 6.92 Å². The third kappa shape index (κ3) is 1.24. The van der Waals surface area contributed by atoms with Crippen molar-refractivity contribution in [2.24, 2.45) is 0 Å². The molecule has 1 rings (SSSR count). The molecule has 0 amide bonds. The highest BCUT2D eigenvalue weighted by Crippen LogP contribution is 2.23. The minimum atomic E-state index is 0.958. The van der Waals surface area contributed by atoms with E-state index in [1.165, 1.54) is 9.75 Å². The van der Waals surface area contributed by atoms with Crippen LogP contribution in [-0.4, -0.2) is 0 Å². The number of aryl methyl sites for hydroxylation is 2. The van der Waals surface area contributed by atoms with Crippen molar-refractivity contribution in [1.82, 2.24) is 0 Å². The molecule has 0 saturated heterocycles. The van der Waals surface area contributed by atoms with E-state index in [1.807, 2.05) is 6.07 Å². The molecule has 0 bridgehead atoms. The zero-order chi connectivity index (χ0) is 6.85. The van der Waals surface area contributed by atoms with Gasteiger partial charge in [-0.25, -0.2) is 0 Å². The van der Waals surface area contributed by atoms with Gasteiger partial charge in [0.2, 0.25) is 0 Å². The van der Waals surface area contributed by atoms with E-state index in [0.717, 1.165) is 12.1 Å². The predicted molar refractivity (Wildman–Crippen MR) is 42.8 cm³/mol. The van der Waals surface area contributed by atoms with Gasteiger partial charge in [-0.05, 0) is 19.4 Å². The molecule has 0 fully saturated rings. The molecule has 1 aromatic heterocycles. The first-order chi connectivity index (χ1) is 4.24. The summed E-state index contributed by atoms with van der Waals surface area (Å²) in [6, 6.07) is 2.03. The summed E-state index contributed by atoms with van der Waals surface area (Å²) in [5.41, 5.74) is 6.62. The number of nitrogens with two attached hydrogens (primary N) is 1. The van der Waals surface area contributed by atoms with Gasteiger partial charge in [-0.15, -0.1) is 11.3 Å². The second-order valence-corrected chi connectivity index (χ2v) is 3.43. The van der Waals surface area contributed by atoms with Gasteiger partial charge < -0.3 is 5.73 Å². The van der Waals surface area contributed by atoms with E-state index in [9.17, 15) is 0 Å². The van der Waals surface area contributed by atoms with E-state index >= 15 is 0 Å². The Kier molecular flexibility index (Phi) is 1.76. The third-order valence-corrected chi connectivity index (χ3v) is 2.50. The predicted octanol–water partition coefficient (Wildman–Crippen LogP) is 2.20. The molecule has 1 nitrogen and oxygen atoms in total. The van der Waals surface area contributed by atoms with Crippen LogP contribution in [0.25, 0.3) is 0 Å². The molecule has 2 heteroatoms. The topological polar surface area (TPSA) is 26.0 Å². The molecule has 0 spiro atoms. The normalized spacial score (nSPS) is 10.0. The van der Waals surface area contributed by atoms with Crippen LogP contribution >= 0.6 is 11.3 Å². The van der Waals surface area contributed by atoms with Gasteiger partial charge in [0.05, 0.1) is 0 Å². The Morgan fingerprint density at radius 2 is 2.33 bits per heavy atom. The Morgan fingerprint density at radius 1 is 1.67 bits per heavy atom. The van der Waals surface area contributed by atoms with Crippen molar-refractivity contribution in [1.29, 1.82) is 0 Å². The monoisotopic (exact) mass is 141 g/mol. The first-order valence-corrected chi connectivity index (χ1v) is 3.90. The molecule has 0 atom stereocenters. The van der Waals surface area contributed by atoms with Crippen LogP contribution in [0.5, 0.6) is 0 Å². The van der Waals surface area contributed by atoms with Gasteiger partial charge in [-0.1, -0.05) is 6.92 Å². The van der Waals surface area contributed by atoms with Gasteiger partial charge in [0, 0.05) is 15.4 Å². The molecule has 0 saturated carbocycles. The van der Waals surface area contributed by atoms with Crippen LogP contribution < -0.4 is 5.73 Å². The van der Waals surface area contributed by atoms with Crippen LogP contribution in [0.15, 0.2) is 6.07 Å². The molecular weight excluding hydrogens is 130 g/mol. The van der Waals surface area contributed by atoms with Gasteiger partial charge in [0.1, 0.15) is 0 Å². The smallest absolute Gasteiger partial charge is 0.0458 e. The summed E-state index contributed by atoms with van der Waals surface area (Å²) in [7, 11) is 0. The van der Waals surface area contributed by atoms with Crippen LogP contribution in [-0.2, 0) is 6.42 Å². The van der Waals surface area contributed by atoms with Crippen molar-refractivity contribution in [3.63, 3.8) is 0 Å². The minimum Gasteiger partial charge on any atom is -0.398 e. The third-order valence-electron chi connectivity index (χ3n) is 1.29. The molecule has 1 aromatic rings. The maximum absolute atomic E-state index is 5.66. The number of hydrogen-bond donors (Lipinski definition) is 1. The summed E-state index contributed by atoms with van der Waals surface area (Å²) in [5.74, 6) is 0. The summed E-state index contributed by atoms with van der Waals surface area (Å²) in [5, 5.41) is 0. The molecule has 0 radical (unpaired) electrons. The number of rotatable bonds is 1. The van der Waals surface area contributed by atoms with Gasteiger partial charge in [0.25, 0.3) is 0 Å². The Balaban J connectivity index is 3.01. The van der Waals surface area contributed by atoms with E-state index < -0.39 is 0 Å². The summed E-state index contributed by atoms with van der Waals surface area (Å²) in [6.07, 6.45) is 1.06. The highest BCUT2D eigenvalue weighted by atomic mass is 32.1. The molecule has 9 heavy (non-hydrogen) atoms. The maximum atomic E-state index is 5.66. The number of hydrogen-bond acceptors (Lipinski definition) is 2. The highest BCUT2D eigenvalue weighted by Gasteiger charge is 1.98. The number of thiophene rings is 1. The van der Waals surface area contributed by atoms with Gasteiger partial charge in [-0.2, -0.15) is 0 Å². The number of anilines is 1. The SMILES string of the molecule is CCc1sc(C)cc1N. The summed E-state index contributed by atoms with van der Waals surface area (Å²) in [4.78, 5) is 2.62. The molecule has 0 unspecified atom stereocenters. The zero-order valence-corrected chi connectivity index (χ0v) is 6.59. The second kappa shape index (κ2) is 2.40. The highest BCUT2D eigenvalue weighted by molar-refractivity contribution is 7.12. The second-order valence-electron chi connectivity index (χ2n) is 2.09. The molecular formula is C7H11NS. The Labute approximate surface area is 59.5 Å². The zero-order valence-electron chi connectivity index (χ0n) is 5.77. The lowest BCUT2D eigenvalue weighted by molar-refractivity contribution is 1.19. The first-order valence-electron chi connectivity index (χ1n) is 3.08. The number of nitrogen functional groups attached to an aromatic ring is 1. The fourth-order valence-corrected chi connectivity index (χ4v) is 1.75. The molecule has 50 valence electrons. The van der Waals surface area contributed by atoms with Gasteiger partial charge >= 0.3 is 0 Å². The van der Waals surface area contributed by atoms with Gasteiger partial charge in [0.15, 0.2) is 0 Å². The Hall–Kier alpha value is -0.500. The molecule has 1 heterocycles. The van der Waals surface area contributed by atoms with E-state index in [4.69, 9.17) is 5.73 Å². The van der Waals surface area contributed by atoms with Crippen molar-refractivity contribution in [3.05, 3.63) is 15.8 Å². The Morgan fingerprint density at radius 3 is 2.56 bits per heavy atom. The maximum Gasteiger partial charge on any atom is 0.0458 e. The fraction of sp³-hybridized carbons (Fsp3) is 0.429. The summed E-state index contributed by atoms with van der Waals surface area (Å²) >= 11 is 1.79. The van der Waals surface area contributed by atoms with Gasteiger partial charge in [-0.3, -0.25) is 0 Å². The van der Waals surface area contributed by atoms with E-state index in [2.05, 4.69) is 13.8 Å². The van der Waals surface area contributed by atoms with Crippen LogP contribution in [0.1, 0.15) is 16.7 Å². The van der Waals surface area contributed by atoms with E-state index in [0.29, 0.717) is 0 Å². The molecule has 2 N–H and O–H groups in total. The largest absolute Gasteiger partial charge is 0.398 e. The quantitative estimate of drug-likeness (QED) is 0.637. The Bertz CT molecular complexity index is 203. The van der Waals surface area contributed by atoms with Crippen LogP contribution in [0.2, 0.25) is 0 Å². The fourth-order valence-electron chi connectivity index (χ4n) is 0.858. The summed E-state index contributed by atoms with van der Waals surface area (Å²) in [6.45, 7) is 4.21. The average molecular weight is 141 g/mol. The van der Waals surface area contributed by atoms with Crippen molar-refractivity contribution in [3.8, 4) is 0 Å².